The molecule has 1 N–H and O–H groups in total. The van der Waals surface area contributed by atoms with E-state index in [0.29, 0.717) is 0 Å². The van der Waals surface area contributed by atoms with Gasteiger partial charge in [0.1, 0.15) is 11.6 Å². The number of rotatable bonds is 9. The molecule has 0 radical (unpaired) electrons. The normalized spacial score (nSPS) is 13.0. The molecule has 7 heteroatoms. The number of carbonyl (C=O) groups is 2. The molecule has 0 aliphatic rings. The fraction of sp³-hybridized carbons (Fsp3) is 0.412. The number of benzene rings is 1. The van der Waals surface area contributed by atoms with Crippen molar-refractivity contribution >= 4 is 11.9 Å². The average Bonchev–Trinajstić information content (AvgIpc) is 2.53. The maximum atomic E-state index is 13.5. The van der Waals surface area contributed by atoms with Crippen LogP contribution in [0.3, 0.4) is 0 Å². The highest BCUT2D eigenvalue weighted by Gasteiger charge is 2.18. The third-order valence-corrected chi connectivity index (χ3v) is 3.12. The van der Waals surface area contributed by atoms with E-state index in [2.05, 4.69) is 11.9 Å². The van der Waals surface area contributed by atoms with Crippen LogP contribution in [0.25, 0.3) is 0 Å². The van der Waals surface area contributed by atoms with Crippen molar-refractivity contribution in [3.8, 4) is 0 Å². The molecule has 0 aliphatic heterocycles. The Hall–Kier alpha value is -2.28. The molecule has 132 valence electrons. The van der Waals surface area contributed by atoms with Gasteiger partial charge in [-0.1, -0.05) is 12.1 Å². The molecule has 0 aliphatic carbocycles. The summed E-state index contributed by atoms with van der Waals surface area (Å²) in [6.07, 6.45) is 0.651. The predicted octanol–water partition coefficient (Wildman–Crippen LogP) is 2.15. The van der Waals surface area contributed by atoms with Crippen LogP contribution in [-0.2, 0) is 25.5 Å². The largest absolute Gasteiger partial charge is 0.454 e. The molecule has 0 aromatic heterocycles. The zero-order valence-electron chi connectivity index (χ0n) is 13.7. The molecule has 24 heavy (non-hydrogen) atoms. The second kappa shape index (κ2) is 9.77. The lowest BCUT2D eigenvalue weighted by Gasteiger charge is -2.16. The van der Waals surface area contributed by atoms with Crippen molar-refractivity contribution < 1.29 is 27.8 Å². The van der Waals surface area contributed by atoms with Gasteiger partial charge in [-0.3, -0.25) is 4.79 Å². The van der Waals surface area contributed by atoms with Crippen LogP contribution in [0, 0.1) is 11.6 Å². The highest BCUT2D eigenvalue weighted by Crippen LogP contribution is 2.14. The average molecular weight is 341 g/mol. The Morgan fingerprint density at radius 1 is 1.29 bits per heavy atom. The van der Waals surface area contributed by atoms with Gasteiger partial charge >= 0.3 is 5.97 Å². The zero-order chi connectivity index (χ0) is 18.1. The maximum absolute atomic E-state index is 13.5. The number of hydrogen-bond donors (Lipinski definition) is 1. The van der Waals surface area contributed by atoms with Crippen LogP contribution in [0.1, 0.15) is 19.4 Å². The lowest BCUT2D eigenvalue weighted by Crippen LogP contribution is -2.38. The van der Waals surface area contributed by atoms with Crippen LogP contribution in [0.4, 0.5) is 8.78 Å². The SMILES string of the molecule is C=CCOC(C)C(=O)OCC(=O)NC(C)Cc1c(F)cccc1F. The number of ether oxygens (including phenoxy) is 2. The van der Waals surface area contributed by atoms with Gasteiger partial charge in [-0.05, 0) is 32.4 Å². The number of halogens is 2. The smallest absolute Gasteiger partial charge is 0.335 e. The Bertz CT molecular complexity index is 572. The minimum Gasteiger partial charge on any atom is -0.454 e. The van der Waals surface area contributed by atoms with Gasteiger partial charge in [0.15, 0.2) is 12.7 Å². The van der Waals surface area contributed by atoms with Gasteiger partial charge in [0.25, 0.3) is 5.91 Å². The first-order valence-electron chi connectivity index (χ1n) is 7.46. The lowest BCUT2D eigenvalue weighted by molar-refractivity contribution is -0.158. The number of amides is 1. The molecule has 2 unspecified atom stereocenters. The van der Waals surface area contributed by atoms with Crippen molar-refractivity contribution in [2.24, 2.45) is 0 Å². The minimum atomic E-state index is -0.819. The molecule has 0 spiro atoms. The molecule has 1 aromatic rings. The molecule has 0 bridgehead atoms. The standard InChI is InChI=1S/C17H21F2NO4/c1-4-8-23-12(3)17(22)24-10-16(21)20-11(2)9-13-14(18)6-5-7-15(13)19/h4-7,11-12H,1,8-10H2,2-3H3,(H,20,21). The van der Waals surface area contributed by atoms with Crippen LogP contribution in [0.2, 0.25) is 0 Å². The summed E-state index contributed by atoms with van der Waals surface area (Å²) in [4.78, 5) is 23.3. The molecular weight excluding hydrogens is 320 g/mol. The van der Waals surface area contributed by atoms with Crippen LogP contribution < -0.4 is 5.32 Å². The lowest BCUT2D eigenvalue weighted by atomic mass is 10.1. The van der Waals surface area contributed by atoms with E-state index in [4.69, 9.17) is 9.47 Å². The quantitative estimate of drug-likeness (QED) is 0.552. The third-order valence-electron chi connectivity index (χ3n) is 3.12. The first kappa shape index (κ1) is 19.8. The molecular formula is C17H21F2NO4. The van der Waals surface area contributed by atoms with Crippen molar-refractivity contribution in [3.05, 3.63) is 48.1 Å². The predicted molar refractivity (Wildman–Crippen MR) is 84.2 cm³/mol. The van der Waals surface area contributed by atoms with Crippen LogP contribution in [0.15, 0.2) is 30.9 Å². The van der Waals surface area contributed by atoms with Gasteiger partial charge in [-0.15, -0.1) is 6.58 Å². The fourth-order valence-electron chi connectivity index (χ4n) is 1.94. The van der Waals surface area contributed by atoms with E-state index in [9.17, 15) is 18.4 Å². The molecule has 0 saturated heterocycles. The summed E-state index contributed by atoms with van der Waals surface area (Å²) in [6, 6.07) is 3.04. The first-order valence-corrected chi connectivity index (χ1v) is 7.46. The monoisotopic (exact) mass is 341 g/mol. The second-order valence-electron chi connectivity index (χ2n) is 5.24. The summed E-state index contributed by atoms with van der Waals surface area (Å²) in [5.41, 5.74) is -0.103. The topological polar surface area (TPSA) is 64.6 Å². The van der Waals surface area contributed by atoms with Crippen molar-refractivity contribution in [2.45, 2.75) is 32.4 Å². The van der Waals surface area contributed by atoms with Gasteiger partial charge in [-0.2, -0.15) is 0 Å². The van der Waals surface area contributed by atoms with Crippen LogP contribution in [-0.4, -0.2) is 37.2 Å². The molecule has 1 aromatic carbocycles. The number of carbonyl (C=O) groups excluding carboxylic acids is 2. The summed E-state index contributed by atoms with van der Waals surface area (Å²) in [5.74, 6) is -2.59. The second-order valence-corrected chi connectivity index (χ2v) is 5.24. The highest BCUT2D eigenvalue weighted by atomic mass is 19.1. The molecule has 0 heterocycles. The Labute approximate surface area is 139 Å². The Morgan fingerprint density at radius 3 is 2.50 bits per heavy atom. The van der Waals surface area contributed by atoms with E-state index in [1.807, 2.05) is 0 Å². The van der Waals surface area contributed by atoms with E-state index in [1.54, 1.807) is 6.92 Å². The maximum Gasteiger partial charge on any atom is 0.335 e. The van der Waals surface area contributed by atoms with Gasteiger partial charge in [0, 0.05) is 11.6 Å². The summed E-state index contributed by atoms with van der Waals surface area (Å²) in [6.45, 7) is 6.24. The van der Waals surface area contributed by atoms with E-state index in [1.165, 1.54) is 19.1 Å². The summed E-state index contributed by atoms with van der Waals surface area (Å²) < 4.78 is 37.0. The van der Waals surface area contributed by atoms with Crippen LogP contribution in [0.5, 0.6) is 0 Å². The van der Waals surface area contributed by atoms with E-state index >= 15 is 0 Å². The number of esters is 1. The van der Waals surface area contributed by atoms with Crippen molar-refractivity contribution in [1.29, 1.82) is 0 Å². The molecule has 5 nitrogen and oxygen atoms in total. The summed E-state index contributed by atoms with van der Waals surface area (Å²) in [7, 11) is 0. The van der Waals surface area contributed by atoms with E-state index in [-0.39, 0.29) is 18.6 Å². The van der Waals surface area contributed by atoms with Gasteiger partial charge in [-0.25, -0.2) is 13.6 Å². The van der Waals surface area contributed by atoms with Crippen molar-refractivity contribution in [1.82, 2.24) is 5.32 Å². The first-order chi connectivity index (χ1) is 11.3. The molecule has 0 saturated carbocycles. The molecule has 2 atom stereocenters. The summed E-state index contributed by atoms with van der Waals surface area (Å²) in [5, 5.41) is 2.51. The van der Waals surface area contributed by atoms with E-state index in [0.717, 1.165) is 12.1 Å². The minimum absolute atomic E-state index is 0.0168. The van der Waals surface area contributed by atoms with E-state index < -0.39 is 42.3 Å². The third kappa shape index (κ3) is 6.45. The fourth-order valence-corrected chi connectivity index (χ4v) is 1.94. The van der Waals surface area contributed by atoms with Crippen molar-refractivity contribution in [3.63, 3.8) is 0 Å². The summed E-state index contributed by atoms with van der Waals surface area (Å²) >= 11 is 0. The highest BCUT2D eigenvalue weighted by molar-refractivity contribution is 5.82. The molecule has 0 fully saturated rings. The van der Waals surface area contributed by atoms with Gasteiger partial charge in [0.05, 0.1) is 6.61 Å². The Kier molecular flexibility index (Phi) is 8.05. The Balaban J connectivity index is 2.42. The molecule has 1 amide bonds. The molecule has 1 rings (SSSR count). The Morgan fingerprint density at radius 2 is 1.92 bits per heavy atom. The number of nitrogens with one attached hydrogen (secondary N) is 1. The van der Waals surface area contributed by atoms with Crippen LogP contribution >= 0.6 is 0 Å². The zero-order valence-corrected chi connectivity index (χ0v) is 13.7. The van der Waals surface area contributed by atoms with Gasteiger partial charge < -0.3 is 14.8 Å². The van der Waals surface area contributed by atoms with Gasteiger partial charge in [0.2, 0.25) is 0 Å². The van der Waals surface area contributed by atoms with Crippen molar-refractivity contribution in [2.75, 3.05) is 13.2 Å². The number of hydrogen-bond acceptors (Lipinski definition) is 4.